The van der Waals surface area contributed by atoms with E-state index in [4.69, 9.17) is 16.0 Å². The van der Waals surface area contributed by atoms with E-state index in [1.54, 1.807) is 30.3 Å². The number of amides is 1. The molecule has 0 spiro atoms. The van der Waals surface area contributed by atoms with Crippen LogP contribution in [0.1, 0.15) is 27.7 Å². The van der Waals surface area contributed by atoms with Crippen molar-refractivity contribution < 1.29 is 19.1 Å². The number of hydrogen-bond acceptors (Lipinski definition) is 8. The van der Waals surface area contributed by atoms with Crippen LogP contribution in [0.25, 0.3) is 0 Å². The fourth-order valence-electron chi connectivity index (χ4n) is 3.61. The summed E-state index contributed by atoms with van der Waals surface area (Å²) in [7, 11) is 0. The Bertz CT molecular complexity index is 1370. The lowest BCUT2D eigenvalue weighted by molar-refractivity contribution is -0.117. The molecule has 4 aromatic rings. The van der Waals surface area contributed by atoms with Crippen LogP contribution >= 0.6 is 34.7 Å². The number of anilines is 1. The van der Waals surface area contributed by atoms with Crippen molar-refractivity contribution >= 4 is 51.5 Å². The molecule has 0 saturated carbocycles. The van der Waals surface area contributed by atoms with Gasteiger partial charge in [-0.05, 0) is 35.4 Å². The molecule has 2 aromatic carbocycles. The van der Waals surface area contributed by atoms with Crippen molar-refractivity contribution in [3.63, 3.8) is 0 Å². The number of thioether (sulfide) groups is 1. The lowest BCUT2D eigenvalue weighted by Crippen LogP contribution is -2.31. The minimum atomic E-state index is -0.915. The summed E-state index contributed by atoms with van der Waals surface area (Å²) in [6.45, 7) is 0. The fourth-order valence-corrected chi connectivity index (χ4v) is 5.56. The van der Waals surface area contributed by atoms with Gasteiger partial charge in [0.05, 0.1) is 17.9 Å². The zero-order valence-electron chi connectivity index (χ0n) is 17.4. The molecular weight excluding hydrogens is 494 g/mol. The van der Waals surface area contributed by atoms with Crippen LogP contribution in [-0.4, -0.2) is 27.0 Å². The first-order valence-electron chi connectivity index (χ1n) is 10.1. The molecule has 1 aliphatic heterocycles. The van der Waals surface area contributed by atoms with E-state index in [1.807, 2.05) is 30.3 Å². The van der Waals surface area contributed by atoms with E-state index in [0.717, 1.165) is 5.56 Å². The van der Waals surface area contributed by atoms with Gasteiger partial charge in [-0.1, -0.05) is 77.2 Å². The lowest BCUT2D eigenvalue weighted by Gasteiger charge is -2.23. The van der Waals surface area contributed by atoms with Gasteiger partial charge in [-0.25, -0.2) is 0 Å². The summed E-state index contributed by atoms with van der Waals surface area (Å²) in [5, 5.41) is 19.9. The first-order chi connectivity index (χ1) is 16.5. The van der Waals surface area contributed by atoms with Crippen LogP contribution in [-0.2, 0) is 10.5 Å². The summed E-state index contributed by atoms with van der Waals surface area (Å²) in [4.78, 5) is 27.7. The number of nitrogens with zero attached hydrogens (tertiary/aromatic N) is 3. The number of aromatic nitrogens is 2. The molecule has 0 radical (unpaired) electrons. The maximum atomic E-state index is 13.2. The fraction of sp³-hybridized carbons (Fsp3) is 0.0833. The highest BCUT2D eigenvalue weighted by molar-refractivity contribution is 8.00. The van der Waals surface area contributed by atoms with Crippen molar-refractivity contribution in [2.75, 3.05) is 4.90 Å². The Hall–Kier alpha value is -3.40. The van der Waals surface area contributed by atoms with Gasteiger partial charge in [-0.3, -0.25) is 14.5 Å². The molecule has 10 heteroatoms. The number of furan rings is 1. The molecular formula is C24H16ClN3O4S2. The highest BCUT2D eigenvalue weighted by Crippen LogP contribution is 2.44. The first kappa shape index (κ1) is 22.4. The Labute approximate surface area is 207 Å². The van der Waals surface area contributed by atoms with E-state index in [0.29, 0.717) is 20.7 Å². The van der Waals surface area contributed by atoms with Crippen LogP contribution in [0.3, 0.4) is 0 Å². The van der Waals surface area contributed by atoms with Gasteiger partial charge in [0.15, 0.2) is 15.9 Å². The van der Waals surface area contributed by atoms with E-state index in [9.17, 15) is 14.7 Å². The molecule has 5 rings (SSSR count). The van der Waals surface area contributed by atoms with E-state index >= 15 is 0 Å². The van der Waals surface area contributed by atoms with Gasteiger partial charge in [0.1, 0.15) is 0 Å². The molecule has 1 aliphatic rings. The average molecular weight is 510 g/mol. The van der Waals surface area contributed by atoms with E-state index < -0.39 is 23.5 Å². The second kappa shape index (κ2) is 9.46. The number of carbonyl (C=O) groups excluding carboxylic acids is 2. The van der Waals surface area contributed by atoms with Crippen molar-refractivity contribution in [3.8, 4) is 0 Å². The maximum absolute atomic E-state index is 13.2. The van der Waals surface area contributed by atoms with Gasteiger partial charge in [0.25, 0.3) is 5.91 Å². The summed E-state index contributed by atoms with van der Waals surface area (Å²) in [6, 6.07) is 18.8. The summed E-state index contributed by atoms with van der Waals surface area (Å²) in [5.41, 5.74) is 1.63. The third-order valence-electron chi connectivity index (χ3n) is 5.19. The normalized spacial score (nSPS) is 15.9. The largest absolute Gasteiger partial charge is 0.503 e. The Kier molecular flexibility index (Phi) is 6.23. The molecule has 34 heavy (non-hydrogen) atoms. The van der Waals surface area contributed by atoms with Crippen LogP contribution < -0.4 is 4.90 Å². The molecule has 1 atom stereocenters. The predicted octanol–water partition coefficient (Wildman–Crippen LogP) is 5.86. The standard InChI is InChI=1S/C24H16ClN3O4S2/c25-16-10-8-15(9-11-16)19-18(20(29)17-7-4-12-32-17)21(30)22(31)28(19)23-26-27-24(34-23)33-13-14-5-2-1-3-6-14/h1-12,19,30H,13H2. The maximum Gasteiger partial charge on any atom is 0.296 e. The predicted molar refractivity (Wildman–Crippen MR) is 130 cm³/mol. The van der Waals surface area contributed by atoms with Crippen molar-refractivity contribution in [1.82, 2.24) is 10.2 Å². The van der Waals surface area contributed by atoms with Crippen LogP contribution in [0.5, 0.6) is 0 Å². The number of carbonyl (C=O) groups is 2. The Balaban J connectivity index is 1.50. The Morgan fingerprint density at radius 1 is 1.09 bits per heavy atom. The molecule has 1 unspecified atom stereocenters. The van der Waals surface area contributed by atoms with Crippen LogP contribution in [0.15, 0.2) is 93.1 Å². The average Bonchev–Trinajstić information content (AvgIpc) is 3.60. The Morgan fingerprint density at radius 3 is 2.56 bits per heavy atom. The monoisotopic (exact) mass is 509 g/mol. The number of rotatable bonds is 7. The molecule has 0 saturated heterocycles. The van der Waals surface area contributed by atoms with Crippen LogP contribution in [0, 0.1) is 0 Å². The third kappa shape index (κ3) is 4.25. The van der Waals surface area contributed by atoms with Gasteiger partial charge >= 0.3 is 0 Å². The number of halogens is 1. The summed E-state index contributed by atoms with van der Waals surface area (Å²) in [6.07, 6.45) is 1.36. The lowest BCUT2D eigenvalue weighted by atomic mass is 9.95. The van der Waals surface area contributed by atoms with Crippen molar-refractivity contribution in [2.45, 2.75) is 16.1 Å². The van der Waals surface area contributed by atoms with Crippen LogP contribution in [0.2, 0.25) is 5.02 Å². The Morgan fingerprint density at radius 2 is 1.85 bits per heavy atom. The smallest absolute Gasteiger partial charge is 0.296 e. The van der Waals surface area contributed by atoms with E-state index in [1.165, 1.54) is 40.3 Å². The highest BCUT2D eigenvalue weighted by atomic mass is 35.5. The number of aliphatic hydroxyl groups is 1. The number of hydrogen-bond donors (Lipinski definition) is 1. The minimum Gasteiger partial charge on any atom is -0.503 e. The highest BCUT2D eigenvalue weighted by Gasteiger charge is 2.46. The molecule has 1 N–H and O–H groups in total. The number of ketones is 1. The van der Waals surface area contributed by atoms with Crippen molar-refractivity contribution in [3.05, 3.63) is 106 Å². The van der Waals surface area contributed by atoms with Crippen molar-refractivity contribution in [2.24, 2.45) is 0 Å². The van der Waals surface area contributed by atoms with E-state index in [-0.39, 0.29) is 16.5 Å². The van der Waals surface area contributed by atoms with Gasteiger partial charge in [0, 0.05) is 10.8 Å². The quantitative estimate of drug-likeness (QED) is 0.189. The number of Topliss-reactive ketones (excluding diaryl/α,β-unsaturated/α-hetero) is 1. The summed E-state index contributed by atoms with van der Waals surface area (Å²) < 4.78 is 5.90. The molecule has 7 nitrogen and oxygen atoms in total. The number of benzene rings is 2. The minimum absolute atomic E-state index is 0.0199. The molecule has 0 aliphatic carbocycles. The van der Waals surface area contributed by atoms with Gasteiger partial charge in [-0.2, -0.15) is 0 Å². The SMILES string of the molecule is O=C(C1=C(O)C(=O)N(c2nnc(SCc3ccccc3)s2)C1c1ccc(Cl)cc1)c1ccco1. The first-order valence-corrected chi connectivity index (χ1v) is 12.3. The molecule has 170 valence electrons. The molecule has 0 fully saturated rings. The second-order valence-corrected chi connectivity index (χ2v) is 9.94. The van der Waals surface area contributed by atoms with Gasteiger partial charge in [0.2, 0.25) is 10.9 Å². The summed E-state index contributed by atoms with van der Waals surface area (Å²) >= 11 is 8.76. The molecule has 1 amide bonds. The van der Waals surface area contributed by atoms with Crippen molar-refractivity contribution in [1.29, 1.82) is 0 Å². The van der Waals surface area contributed by atoms with Gasteiger partial charge < -0.3 is 9.52 Å². The van der Waals surface area contributed by atoms with Gasteiger partial charge in [-0.15, -0.1) is 10.2 Å². The molecule has 0 bridgehead atoms. The molecule has 2 aromatic heterocycles. The molecule has 3 heterocycles. The number of aliphatic hydroxyl groups excluding tert-OH is 1. The zero-order valence-corrected chi connectivity index (χ0v) is 19.8. The topological polar surface area (TPSA) is 96.5 Å². The third-order valence-corrected chi connectivity index (χ3v) is 7.57. The van der Waals surface area contributed by atoms with Crippen LogP contribution in [0.4, 0.5) is 5.13 Å². The van der Waals surface area contributed by atoms with E-state index in [2.05, 4.69) is 10.2 Å². The summed E-state index contributed by atoms with van der Waals surface area (Å²) in [5.74, 6) is -1.25. The zero-order chi connectivity index (χ0) is 23.7. The second-order valence-electron chi connectivity index (χ2n) is 7.32.